The van der Waals surface area contributed by atoms with Crippen molar-refractivity contribution in [1.29, 1.82) is 0 Å². The molecule has 5 heteroatoms. The number of halogens is 1. The van der Waals surface area contributed by atoms with Crippen LogP contribution in [0.3, 0.4) is 0 Å². The van der Waals surface area contributed by atoms with Gasteiger partial charge in [-0.15, -0.1) is 0 Å². The fourth-order valence-corrected chi connectivity index (χ4v) is 1.77. The minimum atomic E-state index is -1.05. The van der Waals surface area contributed by atoms with Gasteiger partial charge in [-0.05, 0) is 28.1 Å². The van der Waals surface area contributed by atoms with Crippen LogP contribution in [0.5, 0.6) is 0 Å². The molecule has 3 N–H and O–H groups in total. The number of hydrogen-bond donors (Lipinski definition) is 2. The van der Waals surface area contributed by atoms with Gasteiger partial charge >= 0.3 is 5.97 Å². The Labute approximate surface area is 93.9 Å². The van der Waals surface area contributed by atoms with Gasteiger partial charge in [0.25, 0.3) is 0 Å². The van der Waals surface area contributed by atoms with Gasteiger partial charge in [-0.25, -0.2) is 9.78 Å². The normalized spacial score (nSPS) is 10.5. The third-order valence-corrected chi connectivity index (χ3v) is 2.83. The van der Waals surface area contributed by atoms with Gasteiger partial charge in [0.05, 0.1) is 5.69 Å². The van der Waals surface area contributed by atoms with Gasteiger partial charge < -0.3 is 10.8 Å². The molecule has 76 valence electrons. The Kier molecular flexibility index (Phi) is 2.32. The van der Waals surface area contributed by atoms with Crippen molar-refractivity contribution in [2.75, 3.05) is 5.73 Å². The second-order valence-electron chi connectivity index (χ2n) is 3.02. The zero-order valence-corrected chi connectivity index (χ0v) is 9.15. The maximum atomic E-state index is 10.9. The zero-order chi connectivity index (χ0) is 11.0. The number of carboxylic acids is 1. The first-order valence-electron chi connectivity index (χ1n) is 4.17. The second kappa shape index (κ2) is 3.51. The summed E-state index contributed by atoms with van der Waals surface area (Å²) in [6.45, 7) is 0. The molecule has 1 aromatic heterocycles. The smallest absolute Gasteiger partial charge is 0.355 e. The molecule has 4 nitrogen and oxygen atoms in total. The lowest BCUT2D eigenvalue weighted by molar-refractivity contribution is 0.0693. The first-order valence-corrected chi connectivity index (χ1v) is 4.96. The van der Waals surface area contributed by atoms with Gasteiger partial charge in [-0.3, -0.25) is 0 Å². The van der Waals surface area contributed by atoms with Gasteiger partial charge in [0.2, 0.25) is 0 Å². The molecule has 1 heterocycles. The molecule has 0 radical (unpaired) electrons. The van der Waals surface area contributed by atoms with Crippen molar-refractivity contribution < 1.29 is 9.90 Å². The molecule has 0 aliphatic heterocycles. The maximum Gasteiger partial charge on any atom is 0.355 e. The quantitative estimate of drug-likeness (QED) is 0.777. The van der Waals surface area contributed by atoms with E-state index in [1.54, 1.807) is 18.2 Å². The van der Waals surface area contributed by atoms with E-state index in [0.717, 1.165) is 4.47 Å². The number of carboxylic acid groups (broad SMARTS) is 1. The van der Waals surface area contributed by atoms with Crippen LogP contribution in [0.2, 0.25) is 0 Å². The number of benzene rings is 1. The molecule has 0 spiro atoms. The van der Waals surface area contributed by atoms with Crippen LogP contribution in [0, 0.1) is 0 Å². The number of rotatable bonds is 1. The van der Waals surface area contributed by atoms with Crippen molar-refractivity contribution >= 4 is 38.4 Å². The minimum Gasteiger partial charge on any atom is -0.476 e. The molecule has 2 rings (SSSR count). The van der Waals surface area contributed by atoms with Gasteiger partial charge in [0.1, 0.15) is 0 Å². The molecule has 0 saturated carbocycles. The fourth-order valence-electron chi connectivity index (χ4n) is 1.42. The Hall–Kier alpha value is -1.62. The molecule has 0 bridgehead atoms. The number of nitrogens with two attached hydrogens (primary N) is 1. The van der Waals surface area contributed by atoms with E-state index in [2.05, 4.69) is 20.9 Å². The van der Waals surface area contributed by atoms with Crippen LogP contribution in [-0.4, -0.2) is 16.1 Å². The average Bonchev–Trinajstić information content (AvgIpc) is 2.23. The Balaban J connectivity index is 2.89. The summed E-state index contributed by atoms with van der Waals surface area (Å²) in [6.07, 6.45) is 1.44. The average molecular weight is 267 g/mol. The van der Waals surface area contributed by atoms with Crippen LogP contribution < -0.4 is 5.73 Å². The van der Waals surface area contributed by atoms with E-state index in [4.69, 9.17) is 10.8 Å². The van der Waals surface area contributed by atoms with Gasteiger partial charge in [0, 0.05) is 21.4 Å². The summed E-state index contributed by atoms with van der Waals surface area (Å²) in [5.74, 6) is -1.05. The molecule has 1 aromatic carbocycles. The Morgan fingerprint density at radius 2 is 2.07 bits per heavy atom. The highest BCUT2D eigenvalue weighted by Gasteiger charge is 2.11. The summed E-state index contributed by atoms with van der Waals surface area (Å²) in [6, 6.07) is 5.10. The SMILES string of the molecule is Nc1c(Br)ccc2c(C(=O)O)nccc12. The van der Waals surface area contributed by atoms with E-state index in [9.17, 15) is 4.79 Å². The highest BCUT2D eigenvalue weighted by Crippen LogP contribution is 2.29. The van der Waals surface area contributed by atoms with Crippen LogP contribution in [0.25, 0.3) is 10.8 Å². The first kappa shape index (κ1) is 9.92. The van der Waals surface area contributed by atoms with Gasteiger partial charge in [-0.1, -0.05) is 6.07 Å². The first-order chi connectivity index (χ1) is 7.11. The lowest BCUT2D eigenvalue weighted by Gasteiger charge is -2.05. The minimum absolute atomic E-state index is 0.0201. The molecular formula is C10H7BrN2O2. The third-order valence-electron chi connectivity index (χ3n) is 2.14. The Morgan fingerprint density at radius 1 is 1.33 bits per heavy atom. The summed E-state index contributed by atoms with van der Waals surface area (Å²) >= 11 is 3.29. The van der Waals surface area contributed by atoms with Crippen molar-refractivity contribution in [3.63, 3.8) is 0 Å². The molecule has 15 heavy (non-hydrogen) atoms. The number of anilines is 1. The van der Waals surface area contributed by atoms with Crippen LogP contribution in [0.15, 0.2) is 28.9 Å². The number of fused-ring (bicyclic) bond motifs is 1. The Morgan fingerprint density at radius 3 is 2.73 bits per heavy atom. The maximum absolute atomic E-state index is 10.9. The van der Waals surface area contributed by atoms with E-state index < -0.39 is 5.97 Å². The topological polar surface area (TPSA) is 76.2 Å². The zero-order valence-electron chi connectivity index (χ0n) is 7.57. The number of nitrogen functional groups attached to an aromatic ring is 1. The van der Waals surface area contributed by atoms with Crippen LogP contribution >= 0.6 is 15.9 Å². The predicted molar refractivity (Wildman–Crippen MR) is 60.8 cm³/mol. The molecule has 0 atom stereocenters. The summed E-state index contributed by atoms with van der Waals surface area (Å²) in [7, 11) is 0. The summed E-state index contributed by atoms with van der Waals surface area (Å²) in [5, 5.41) is 10.2. The molecule has 0 aliphatic carbocycles. The van der Waals surface area contributed by atoms with E-state index in [0.29, 0.717) is 16.5 Å². The van der Waals surface area contributed by atoms with Gasteiger partial charge in [0.15, 0.2) is 5.69 Å². The number of aromatic nitrogens is 1. The molecule has 0 amide bonds. The van der Waals surface area contributed by atoms with Crippen LogP contribution in [0.1, 0.15) is 10.5 Å². The van der Waals surface area contributed by atoms with E-state index in [1.165, 1.54) is 6.20 Å². The number of pyridine rings is 1. The lowest BCUT2D eigenvalue weighted by Crippen LogP contribution is -2.01. The van der Waals surface area contributed by atoms with Crippen LogP contribution in [-0.2, 0) is 0 Å². The van der Waals surface area contributed by atoms with Crippen molar-refractivity contribution in [3.8, 4) is 0 Å². The monoisotopic (exact) mass is 266 g/mol. The van der Waals surface area contributed by atoms with Crippen molar-refractivity contribution in [2.24, 2.45) is 0 Å². The standard InChI is InChI=1S/C10H7BrN2O2/c11-7-2-1-6-5(8(7)12)3-4-13-9(6)10(14)15/h1-4H,12H2,(H,14,15). The summed E-state index contributed by atoms with van der Waals surface area (Å²) < 4.78 is 0.748. The van der Waals surface area contributed by atoms with Crippen LogP contribution in [0.4, 0.5) is 5.69 Å². The highest BCUT2D eigenvalue weighted by molar-refractivity contribution is 9.10. The fraction of sp³-hybridized carbons (Fsp3) is 0. The molecule has 0 saturated heterocycles. The molecular weight excluding hydrogens is 260 g/mol. The van der Waals surface area contributed by atoms with Crippen molar-refractivity contribution in [3.05, 3.63) is 34.6 Å². The third kappa shape index (κ3) is 1.55. The molecule has 0 aliphatic rings. The Bertz CT molecular complexity index is 554. The number of aromatic carboxylic acids is 1. The van der Waals surface area contributed by atoms with Crippen molar-refractivity contribution in [2.45, 2.75) is 0 Å². The summed E-state index contributed by atoms with van der Waals surface area (Å²) in [4.78, 5) is 14.7. The largest absolute Gasteiger partial charge is 0.476 e. The number of hydrogen-bond acceptors (Lipinski definition) is 3. The lowest BCUT2D eigenvalue weighted by atomic mass is 10.1. The second-order valence-corrected chi connectivity index (χ2v) is 3.88. The van der Waals surface area contributed by atoms with Crippen molar-refractivity contribution in [1.82, 2.24) is 4.98 Å². The van der Waals surface area contributed by atoms with E-state index >= 15 is 0 Å². The highest BCUT2D eigenvalue weighted by atomic mass is 79.9. The molecule has 2 aromatic rings. The van der Waals surface area contributed by atoms with E-state index in [1.807, 2.05) is 0 Å². The number of carbonyl (C=O) groups is 1. The molecule has 0 fully saturated rings. The van der Waals surface area contributed by atoms with E-state index in [-0.39, 0.29) is 5.69 Å². The predicted octanol–water partition coefficient (Wildman–Crippen LogP) is 2.28. The van der Waals surface area contributed by atoms with Gasteiger partial charge in [-0.2, -0.15) is 0 Å². The number of nitrogens with zero attached hydrogens (tertiary/aromatic N) is 1. The molecule has 0 unspecified atom stereocenters. The summed E-state index contributed by atoms with van der Waals surface area (Å²) in [5.41, 5.74) is 6.37.